The Kier molecular flexibility index (Phi) is 4.87. The van der Waals surface area contributed by atoms with E-state index in [0.29, 0.717) is 5.92 Å². The van der Waals surface area contributed by atoms with Crippen LogP contribution in [0.3, 0.4) is 0 Å². The molecule has 2 fully saturated rings. The molecule has 4 atom stereocenters. The van der Waals surface area contributed by atoms with Gasteiger partial charge in [0, 0.05) is 12.6 Å². The maximum Gasteiger partial charge on any atom is 0.0580 e. The average Bonchev–Trinajstić information content (AvgIpc) is 2.70. The molecule has 2 heteroatoms. The molecule has 1 heterocycles. The summed E-state index contributed by atoms with van der Waals surface area (Å²) in [7, 11) is 0. The second-order valence-corrected chi connectivity index (χ2v) is 6.28. The van der Waals surface area contributed by atoms with Crippen LogP contribution in [0.5, 0.6) is 0 Å². The monoisotopic (exact) mass is 239 g/mol. The van der Waals surface area contributed by atoms with Gasteiger partial charge >= 0.3 is 0 Å². The van der Waals surface area contributed by atoms with E-state index in [1.54, 1.807) is 0 Å². The molecule has 2 aliphatic rings. The second-order valence-electron chi connectivity index (χ2n) is 6.28. The summed E-state index contributed by atoms with van der Waals surface area (Å²) < 4.78 is 0. The van der Waals surface area contributed by atoms with Crippen molar-refractivity contribution in [2.45, 2.75) is 70.9 Å². The number of rotatable bonds is 4. The van der Waals surface area contributed by atoms with Gasteiger partial charge in [0.2, 0.25) is 0 Å². The van der Waals surface area contributed by atoms with Crippen LogP contribution in [0.1, 0.15) is 58.8 Å². The Hall–Kier alpha value is -0.0800. The zero-order valence-electron chi connectivity index (χ0n) is 11.6. The Morgan fingerprint density at radius 1 is 1.24 bits per heavy atom. The average molecular weight is 239 g/mol. The smallest absolute Gasteiger partial charge is 0.0580 e. The number of hydrogen-bond acceptors (Lipinski definition) is 2. The van der Waals surface area contributed by atoms with Crippen LogP contribution in [0, 0.1) is 11.8 Å². The topological polar surface area (TPSA) is 23.5 Å². The van der Waals surface area contributed by atoms with Crippen LogP contribution in [0.25, 0.3) is 0 Å². The number of aliphatic hydroxyl groups is 1. The molecule has 1 saturated carbocycles. The Balaban J connectivity index is 1.84. The normalized spacial score (nSPS) is 39.7. The minimum atomic E-state index is -0.0316. The molecule has 0 aromatic rings. The molecule has 0 aromatic carbocycles. The third-order valence-electron chi connectivity index (χ3n) is 4.91. The first-order chi connectivity index (χ1) is 8.20. The summed E-state index contributed by atoms with van der Waals surface area (Å²) in [5.41, 5.74) is 0. The van der Waals surface area contributed by atoms with Crippen molar-refractivity contribution in [1.29, 1.82) is 0 Å². The van der Waals surface area contributed by atoms with E-state index < -0.39 is 0 Å². The van der Waals surface area contributed by atoms with Gasteiger partial charge in [-0.2, -0.15) is 0 Å². The first-order valence-electron chi connectivity index (χ1n) is 7.62. The predicted octanol–water partition coefficient (Wildman–Crippen LogP) is 3.05. The van der Waals surface area contributed by atoms with Crippen molar-refractivity contribution in [1.82, 2.24) is 4.90 Å². The number of aliphatic hydroxyl groups excluding tert-OH is 1. The van der Waals surface area contributed by atoms with Gasteiger partial charge in [0.1, 0.15) is 0 Å². The SMILES string of the molecule is CCCC1CCC(O)C(CN2CCCC2C)C1. The first kappa shape index (κ1) is 13.4. The zero-order valence-corrected chi connectivity index (χ0v) is 11.6. The van der Waals surface area contributed by atoms with Crippen LogP contribution in [0.15, 0.2) is 0 Å². The fourth-order valence-electron chi connectivity index (χ4n) is 3.78. The molecule has 0 radical (unpaired) electrons. The van der Waals surface area contributed by atoms with Crippen LogP contribution in [-0.4, -0.2) is 35.2 Å². The maximum absolute atomic E-state index is 10.2. The predicted molar refractivity (Wildman–Crippen MR) is 72.0 cm³/mol. The van der Waals surface area contributed by atoms with Gasteiger partial charge in [-0.05, 0) is 57.4 Å². The van der Waals surface area contributed by atoms with Gasteiger partial charge in [0.15, 0.2) is 0 Å². The van der Waals surface area contributed by atoms with E-state index in [2.05, 4.69) is 18.7 Å². The Labute approximate surface area is 106 Å². The van der Waals surface area contributed by atoms with E-state index in [4.69, 9.17) is 0 Å². The maximum atomic E-state index is 10.2. The van der Waals surface area contributed by atoms with E-state index in [0.717, 1.165) is 24.9 Å². The molecule has 1 saturated heterocycles. The number of nitrogens with zero attached hydrogens (tertiary/aromatic N) is 1. The molecule has 0 spiro atoms. The van der Waals surface area contributed by atoms with E-state index >= 15 is 0 Å². The lowest BCUT2D eigenvalue weighted by molar-refractivity contribution is 0.0246. The van der Waals surface area contributed by atoms with Gasteiger partial charge in [-0.15, -0.1) is 0 Å². The van der Waals surface area contributed by atoms with Crippen LogP contribution in [-0.2, 0) is 0 Å². The van der Waals surface area contributed by atoms with E-state index in [-0.39, 0.29) is 6.10 Å². The summed E-state index contributed by atoms with van der Waals surface area (Å²) in [5, 5.41) is 10.2. The molecular weight excluding hydrogens is 210 g/mol. The van der Waals surface area contributed by atoms with Crippen molar-refractivity contribution < 1.29 is 5.11 Å². The molecule has 0 bridgehead atoms. The van der Waals surface area contributed by atoms with Gasteiger partial charge in [-0.1, -0.05) is 19.8 Å². The molecule has 17 heavy (non-hydrogen) atoms. The minimum Gasteiger partial charge on any atom is -0.393 e. The Morgan fingerprint density at radius 2 is 2.06 bits per heavy atom. The quantitative estimate of drug-likeness (QED) is 0.815. The molecule has 2 rings (SSSR count). The molecule has 1 aliphatic carbocycles. The van der Waals surface area contributed by atoms with Crippen molar-refractivity contribution in [2.24, 2.45) is 11.8 Å². The highest BCUT2D eigenvalue weighted by atomic mass is 16.3. The van der Waals surface area contributed by atoms with Gasteiger partial charge in [-0.25, -0.2) is 0 Å². The van der Waals surface area contributed by atoms with Crippen molar-refractivity contribution >= 4 is 0 Å². The summed E-state index contributed by atoms with van der Waals surface area (Å²) in [6.07, 6.45) is 8.88. The van der Waals surface area contributed by atoms with E-state index in [1.807, 2.05) is 0 Å². The fourth-order valence-corrected chi connectivity index (χ4v) is 3.78. The van der Waals surface area contributed by atoms with Crippen molar-refractivity contribution in [3.63, 3.8) is 0 Å². The summed E-state index contributed by atoms with van der Waals surface area (Å²) in [6.45, 7) is 7.01. The highest BCUT2D eigenvalue weighted by molar-refractivity contribution is 4.85. The lowest BCUT2D eigenvalue weighted by atomic mass is 9.77. The highest BCUT2D eigenvalue weighted by Gasteiger charge is 2.32. The fraction of sp³-hybridized carbons (Fsp3) is 1.00. The zero-order chi connectivity index (χ0) is 12.3. The second kappa shape index (κ2) is 6.19. The summed E-state index contributed by atoms with van der Waals surface area (Å²) in [5.74, 6) is 1.42. The largest absolute Gasteiger partial charge is 0.393 e. The van der Waals surface area contributed by atoms with Crippen molar-refractivity contribution in [2.75, 3.05) is 13.1 Å². The molecular formula is C15H29NO. The Bertz CT molecular complexity index is 231. The molecule has 0 amide bonds. The van der Waals surface area contributed by atoms with E-state index in [1.165, 1.54) is 45.1 Å². The summed E-state index contributed by atoms with van der Waals surface area (Å²) >= 11 is 0. The first-order valence-corrected chi connectivity index (χ1v) is 7.62. The van der Waals surface area contributed by atoms with Crippen LogP contribution >= 0.6 is 0 Å². The van der Waals surface area contributed by atoms with Gasteiger partial charge in [0.05, 0.1) is 6.10 Å². The van der Waals surface area contributed by atoms with Crippen molar-refractivity contribution in [3.8, 4) is 0 Å². The van der Waals surface area contributed by atoms with Gasteiger partial charge < -0.3 is 10.0 Å². The number of hydrogen-bond donors (Lipinski definition) is 1. The van der Waals surface area contributed by atoms with Crippen LogP contribution in [0.2, 0.25) is 0 Å². The number of likely N-dealkylation sites (tertiary alicyclic amines) is 1. The summed E-state index contributed by atoms with van der Waals surface area (Å²) in [4.78, 5) is 2.60. The molecule has 2 nitrogen and oxygen atoms in total. The lowest BCUT2D eigenvalue weighted by Gasteiger charge is -2.36. The van der Waals surface area contributed by atoms with Crippen LogP contribution in [0.4, 0.5) is 0 Å². The van der Waals surface area contributed by atoms with E-state index in [9.17, 15) is 5.11 Å². The molecule has 0 aromatic heterocycles. The molecule has 1 aliphatic heterocycles. The van der Waals surface area contributed by atoms with Crippen LogP contribution < -0.4 is 0 Å². The molecule has 4 unspecified atom stereocenters. The standard InChI is InChI=1S/C15H29NO/c1-3-5-13-7-8-15(17)14(10-13)11-16-9-4-6-12(16)2/h12-15,17H,3-11H2,1-2H3. The lowest BCUT2D eigenvalue weighted by Crippen LogP contribution is -2.40. The molecule has 1 N–H and O–H groups in total. The third-order valence-corrected chi connectivity index (χ3v) is 4.91. The third kappa shape index (κ3) is 3.45. The van der Waals surface area contributed by atoms with Crippen molar-refractivity contribution in [3.05, 3.63) is 0 Å². The Morgan fingerprint density at radius 3 is 2.71 bits per heavy atom. The molecule has 100 valence electrons. The van der Waals surface area contributed by atoms with Gasteiger partial charge in [-0.3, -0.25) is 0 Å². The highest BCUT2D eigenvalue weighted by Crippen LogP contribution is 2.33. The van der Waals surface area contributed by atoms with Gasteiger partial charge in [0.25, 0.3) is 0 Å². The summed E-state index contributed by atoms with van der Waals surface area (Å²) in [6, 6.07) is 0.744. The minimum absolute atomic E-state index is 0.0316.